The second kappa shape index (κ2) is 5.75. The maximum absolute atomic E-state index is 12.9. The standard InChI is InChI=1S/C16H16O3S2/c1-2-12-11-15(16(19-12)14-9-6-10-20-14)21(17,18)13-7-4-3-5-8-13/h2-10,12,15-16H,1,11H2/t12-,15-,16+/m1/s1. The van der Waals surface area contributed by atoms with Crippen molar-refractivity contribution in [3.05, 3.63) is 65.4 Å². The molecular formula is C16H16O3S2. The third kappa shape index (κ3) is 2.69. The minimum Gasteiger partial charge on any atom is -0.364 e. The van der Waals surface area contributed by atoms with Gasteiger partial charge in [0.15, 0.2) is 9.84 Å². The quantitative estimate of drug-likeness (QED) is 0.808. The molecule has 5 heteroatoms. The summed E-state index contributed by atoms with van der Waals surface area (Å²) in [5.74, 6) is 0. The van der Waals surface area contributed by atoms with Gasteiger partial charge in [0.1, 0.15) is 6.10 Å². The Morgan fingerprint density at radius 3 is 2.57 bits per heavy atom. The van der Waals surface area contributed by atoms with E-state index in [0.717, 1.165) is 4.88 Å². The van der Waals surface area contributed by atoms with Crippen LogP contribution in [0.2, 0.25) is 0 Å². The highest BCUT2D eigenvalue weighted by Crippen LogP contribution is 2.41. The average Bonchev–Trinajstić information content (AvgIpc) is 3.17. The normalized spacial score (nSPS) is 25.8. The maximum atomic E-state index is 12.9. The lowest BCUT2D eigenvalue weighted by molar-refractivity contribution is 0.0743. The van der Waals surface area contributed by atoms with Crippen LogP contribution in [0.1, 0.15) is 17.4 Å². The van der Waals surface area contributed by atoms with Crippen molar-refractivity contribution in [3.63, 3.8) is 0 Å². The molecule has 0 saturated carbocycles. The molecule has 0 aliphatic carbocycles. The largest absolute Gasteiger partial charge is 0.364 e. The van der Waals surface area contributed by atoms with Crippen molar-refractivity contribution in [1.29, 1.82) is 0 Å². The second-order valence-corrected chi connectivity index (χ2v) is 8.12. The summed E-state index contributed by atoms with van der Waals surface area (Å²) in [6.07, 6.45) is 1.49. The molecule has 2 heterocycles. The van der Waals surface area contributed by atoms with Gasteiger partial charge < -0.3 is 4.74 Å². The van der Waals surface area contributed by atoms with Gasteiger partial charge in [-0.2, -0.15) is 0 Å². The molecule has 0 amide bonds. The van der Waals surface area contributed by atoms with Gasteiger partial charge in [0.25, 0.3) is 0 Å². The van der Waals surface area contributed by atoms with E-state index in [1.807, 2.05) is 23.6 Å². The molecule has 0 radical (unpaired) electrons. The fourth-order valence-corrected chi connectivity index (χ4v) is 5.39. The van der Waals surface area contributed by atoms with Crippen LogP contribution in [0.5, 0.6) is 0 Å². The monoisotopic (exact) mass is 320 g/mol. The lowest BCUT2D eigenvalue weighted by Crippen LogP contribution is -2.24. The van der Waals surface area contributed by atoms with E-state index in [4.69, 9.17) is 4.74 Å². The van der Waals surface area contributed by atoms with Crippen LogP contribution >= 0.6 is 11.3 Å². The van der Waals surface area contributed by atoms with E-state index in [1.54, 1.807) is 30.3 Å². The van der Waals surface area contributed by atoms with Crippen LogP contribution in [-0.4, -0.2) is 19.8 Å². The van der Waals surface area contributed by atoms with Gasteiger partial charge in [0.05, 0.1) is 16.2 Å². The Balaban J connectivity index is 2.00. The summed E-state index contributed by atoms with van der Waals surface area (Å²) in [6, 6.07) is 12.4. The Hall–Kier alpha value is -1.43. The van der Waals surface area contributed by atoms with Crippen LogP contribution < -0.4 is 0 Å². The van der Waals surface area contributed by atoms with Crippen molar-refractivity contribution in [1.82, 2.24) is 0 Å². The maximum Gasteiger partial charge on any atom is 0.184 e. The molecule has 0 spiro atoms. The molecule has 2 aromatic rings. The molecule has 21 heavy (non-hydrogen) atoms. The minimum absolute atomic E-state index is 0.222. The molecular weight excluding hydrogens is 304 g/mol. The third-order valence-corrected chi connectivity index (χ3v) is 6.78. The fourth-order valence-electron chi connectivity index (χ4n) is 2.61. The van der Waals surface area contributed by atoms with E-state index >= 15 is 0 Å². The number of hydrogen-bond donors (Lipinski definition) is 0. The molecule has 0 N–H and O–H groups in total. The zero-order valence-corrected chi connectivity index (χ0v) is 13.0. The summed E-state index contributed by atoms with van der Waals surface area (Å²) in [6.45, 7) is 3.73. The second-order valence-electron chi connectivity index (χ2n) is 4.98. The van der Waals surface area contributed by atoms with Gasteiger partial charge in [-0.3, -0.25) is 0 Å². The van der Waals surface area contributed by atoms with Crippen molar-refractivity contribution in [2.45, 2.75) is 28.8 Å². The minimum atomic E-state index is -3.42. The van der Waals surface area contributed by atoms with E-state index < -0.39 is 21.2 Å². The fraction of sp³-hybridized carbons (Fsp3) is 0.250. The molecule has 0 unspecified atom stereocenters. The smallest absolute Gasteiger partial charge is 0.184 e. The summed E-state index contributed by atoms with van der Waals surface area (Å²) < 4.78 is 31.7. The molecule has 3 nitrogen and oxygen atoms in total. The zero-order chi connectivity index (χ0) is 14.9. The topological polar surface area (TPSA) is 43.4 Å². The van der Waals surface area contributed by atoms with Crippen LogP contribution in [0.4, 0.5) is 0 Å². The number of sulfone groups is 1. The Bertz CT molecular complexity index is 705. The first-order valence-corrected chi connectivity index (χ1v) is 9.16. The highest BCUT2D eigenvalue weighted by atomic mass is 32.2. The number of rotatable bonds is 4. The lowest BCUT2D eigenvalue weighted by Gasteiger charge is -2.17. The van der Waals surface area contributed by atoms with E-state index in [2.05, 4.69) is 6.58 Å². The van der Waals surface area contributed by atoms with Crippen molar-refractivity contribution < 1.29 is 13.2 Å². The highest BCUT2D eigenvalue weighted by Gasteiger charge is 2.44. The highest BCUT2D eigenvalue weighted by molar-refractivity contribution is 7.92. The van der Waals surface area contributed by atoms with E-state index in [-0.39, 0.29) is 6.10 Å². The molecule has 1 aliphatic heterocycles. The first-order valence-electron chi connectivity index (χ1n) is 6.73. The molecule has 3 rings (SSSR count). The first-order chi connectivity index (χ1) is 10.1. The van der Waals surface area contributed by atoms with Crippen molar-refractivity contribution >= 4 is 21.2 Å². The summed E-state index contributed by atoms with van der Waals surface area (Å²) in [7, 11) is -3.42. The predicted molar refractivity (Wildman–Crippen MR) is 84.2 cm³/mol. The molecule has 1 saturated heterocycles. The van der Waals surface area contributed by atoms with Gasteiger partial charge in [-0.1, -0.05) is 30.3 Å². The molecule has 3 atom stereocenters. The summed E-state index contributed by atoms with van der Waals surface area (Å²) in [5.41, 5.74) is 0. The summed E-state index contributed by atoms with van der Waals surface area (Å²) in [5, 5.41) is 1.37. The van der Waals surface area contributed by atoms with Gasteiger partial charge in [-0.15, -0.1) is 17.9 Å². The van der Waals surface area contributed by atoms with Gasteiger partial charge in [0.2, 0.25) is 0 Å². The van der Waals surface area contributed by atoms with Crippen LogP contribution in [0.3, 0.4) is 0 Å². The van der Waals surface area contributed by atoms with Crippen molar-refractivity contribution in [2.24, 2.45) is 0 Å². The summed E-state index contributed by atoms with van der Waals surface area (Å²) >= 11 is 1.52. The van der Waals surface area contributed by atoms with E-state index in [0.29, 0.717) is 11.3 Å². The predicted octanol–water partition coefficient (Wildman–Crippen LogP) is 3.61. The van der Waals surface area contributed by atoms with Crippen LogP contribution in [0.15, 0.2) is 65.4 Å². The lowest BCUT2D eigenvalue weighted by atomic mass is 10.1. The molecule has 1 aromatic carbocycles. The van der Waals surface area contributed by atoms with Gasteiger partial charge in [0, 0.05) is 4.88 Å². The van der Waals surface area contributed by atoms with Crippen molar-refractivity contribution in [2.75, 3.05) is 0 Å². The Kier molecular flexibility index (Phi) is 3.97. The summed E-state index contributed by atoms with van der Waals surface area (Å²) in [4.78, 5) is 1.30. The Morgan fingerprint density at radius 2 is 1.95 bits per heavy atom. The average molecular weight is 320 g/mol. The molecule has 1 aliphatic rings. The SMILES string of the molecule is C=C[C@@H]1C[C@@H](S(=O)(=O)c2ccccc2)[C@H](c2cccs2)O1. The zero-order valence-electron chi connectivity index (χ0n) is 11.4. The van der Waals surface area contributed by atoms with Crippen LogP contribution in [0.25, 0.3) is 0 Å². The Morgan fingerprint density at radius 1 is 1.19 bits per heavy atom. The molecule has 1 fully saturated rings. The van der Waals surface area contributed by atoms with E-state index in [9.17, 15) is 8.42 Å². The van der Waals surface area contributed by atoms with Gasteiger partial charge in [-0.05, 0) is 30.0 Å². The van der Waals surface area contributed by atoms with Gasteiger partial charge in [-0.25, -0.2) is 8.42 Å². The Labute approximate surface area is 128 Å². The number of ether oxygens (including phenoxy) is 1. The number of benzene rings is 1. The first kappa shape index (κ1) is 14.5. The number of thiophene rings is 1. The van der Waals surface area contributed by atoms with Crippen LogP contribution in [-0.2, 0) is 14.6 Å². The molecule has 110 valence electrons. The van der Waals surface area contributed by atoms with E-state index in [1.165, 1.54) is 11.3 Å². The molecule has 1 aromatic heterocycles. The van der Waals surface area contributed by atoms with Gasteiger partial charge >= 0.3 is 0 Å². The number of hydrogen-bond acceptors (Lipinski definition) is 4. The third-order valence-electron chi connectivity index (χ3n) is 3.68. The van der Waals surface area contributed by atoms with Crippen molar-refractivity contribution in [3.8, 4) is 0 Å². The molecule has 0 bridgehead atoms. The van der Waals surface area contributed by atoms with Crippen LogP contribution in [0, 0.1) is 0 Å².